The summed E-state index contributed by atoms with van der Waals surface area (Å²) in [6.07, 6.45) is 3.56. The molecule has 0 saturated carbocycles. The molecule has 0 atom stereocenters. The number of nitrogens with zero attached hydrogens (tertiary/aromatic N) is 3. The number of aromatic nitrogens is 1. The van der Waals surface area contributed by atoms with Gasteiger partial charge in [-0.1, -0.05) is 29.8 Å². The maximum absolute atomic E-state index is 9.23. The lowest BCUT2D eigenvalue weighted by Crippen LogP contribution is -2.43. The minimum atomic E-state index is 0.320. The van der Waals surface area contributed by atoms with Crippen LogP contribution in [0.2, 0.25) is 5.02 Å². The average molecular weight is 315 g/mol. The van der Waals surface area contributed by atoms with E-state index in [2.05, 4.69) is 16.4 Å². The second-order valence-electron chi connectivity index (χ2n) is 4.91. The number of nitriles is 1. The minimum absolute atomic E-state index is 0.320. The van der Waals surface area contributed by atoms with Gasteiger partial charge in [0.15, 0.2) is 0 Å². The number of piperazine rings is 1. The molecule has 1 fully saturated rings. The molecule has 22 heavy (non-hydrogen) atoms. The van der Waals surface area contributed by atoms with Gasteiger partial charge in [0.05, 0.1) is 0 Å². The molecule has 2 heterocycles. The third-order valence-electron chi connectivity index (χ3n) is 3.45. The summed E-state index contributed by atoms with van der Waals surface area (Å²) in [5.41, 5.74) is 1.20. The fraction of sp³-hybridized carbons (Fsp3) is 0.250. The third-order valence-corrected chi connectivity index (χ3v) is 3.79. The van der Waals surface area contributed by atoms with Crippen LogP contribution in [0, 0.1) is 11.3 Å². The molecule has 0 bridgehead atoms. The molecule has 1 N–H and O–H groups in total. The van der Waals surface area contributed by atoms with Crippen LogP contribution in [-0.2, 0) is 0 Å². The first-order valence-electron chi connectivity index (χ1n) is 7.07. The molecule has 0 spiro atoms. The van der Waals surface area contributed by atoms with E-state index in [0.717, 1.165) is 31.7 Å². The van der Waals surface area contributed by atoms with E-state index in [1.54, 1.807) is 6.08 Å². The van der Waals surface area contributed by atoms with Crippen molar-refractivity contribution < 1.29 is 4.42 Å². The van der Waals surface area contributed by atoms with Crippen LogP contribution >= 0.6 is 11.6 Å². The molecular formula is C16H15ClN4O. The van der Waals surface area contributed by atoms with E-state index in [0.29, 0.717) is 22.5 Å². The van der Waals surface area contributed by atoms with E-state index in [1.165, 1.54) is 0 Å². The molecule has 5 nitrogen and oxygen atoms in total. The summed E-state index contributed by atoms with van der Waals surface area (Å²) in [7, 11) is 0. The fourth-order valence-corrected chi connectivity index (χ4v) is 2.52. The number of hydrogen-bond acceptors (Lipinski definition) is 5. The third kappa shape index (κ3) is 3.14. The Bertz CT molecular complexity index is 726. The summed E-state index contributed by atoms with van der Waals surface area (Å²) in [5.74, 6) is 0.952. The summed E-state index contributed by atoms with van der Waals surface area (Å²) in [4.78, 5) is 6.27. The highest BCUT2D eigenvalue weighted by Gasteiger charge is 2.20. The second-order valence-corrected chi connectivity index (χ2v) is 5.32. The Morgan fingerprint density at radius 1 is 1.27 bits per heavy atom. The van der Waals surface area contributed by atoms with Gasteiger partial charge in [0, 0.05) is 37.3 Å². The number of anilines is 1. The Labute approximate surface area is 133 Å². The van der Waals surface area contributed by atoms with Crippen molar-refractivity contribution in [3.05, 3.63) is 46.4 Å². The zero-order chi connectivity index (χ0) is 15.4. The zero-order valence-corrected chi connectivity index (χ0v) is 12.7. The first kappa shape index (κ1) is 14.6. The van der Waals surface area contributed by atoms with Crippen LogP contribution in [0.3, 0.4) is 0 Å². The van der Waals surface area contributed by atoms with E-state index < -0.39 is 0 Å². The van der Waals surface area contributed by atoms with Crippen LogP contribution in [0.1, 0.15) is 17.1 Å². The monoisotopic (exact) mass is 314 g/mol. The lowest BCUT2D eigenvalue weighted by molar-refractivity contribution is 0.498. The maximum Gasteiger partial charge on any atom is 0.235 e. The summed E-state index contributed by atoms with van der Waals surface area (Å²) in [5, 5.41) is 13.2. The van der Waals surface area contributed by atoms with Crippen molar-refractivity contribution in [2.45, 2.75) is 0 Å². The molecule has 3 rings (SSSR count). The van der Waals surface area contributed by atoms with Crippen molar-refractivity contribution in [1.82, 2.24) is 10.3 Å². The van der Waals surface area contributed by atoms with E-state index in [1.807, 2.05) is 35.2 Å². The van der Waals surface area contributed by atoms with Gasteiger partial charge < -0.3 is 14.6 Å². The van der Waals surface area contributed by atoms with Crippen LogP contribution in [-0.4, -0.2) is 31.2 Å². The Morgan fingerprint density at radius 3 is 2.77 bits per heavy atom. The Morgan fingerprint density at radius 2 is 2.05 bits per heavy atom. The van der Waals surface area contributed by atoms with Gasteiger partial charge in [0.2, 0.25) is 17.5 Å². The number of benzene rings is 1. The van der Waals surface area contributed by atoms with Gasteiger partial charge in [0.25, 0.3) is 0 Å². The SMILES string of the molecule is N#Cc1nc(C=Cc2ccccc2Cl)oc1N1CCNCC1. The number of oxazole rings is 1. The number of rotatable bonds is 3. The first-order valence-corrected chi connectivity index (χ1v) is 7.45. The predicted molar refractivity (Wildman–Crippen MR) is 86.7 cm³/mol. The minimum Gasteiger partial charge on any atom is -0.420 e. The Balaban J connectivity index is 1.85. The normalized spacial score (nSPS) is 15.2. The van der Waals surface area contributed by atoms with Gasteiger partial charge >= 0.3 is 0 Å². The topological polar surface area (TPSA) is 65.1 Å². The standard InChI is InChI=1S/C16H15ClN4O/c17-13-4-2-1-3-12(13)5-6-15-20-14(11-18)16(22-15)21-9-7-19-8-10-21/h1-6,19H,7-10H2. The molecule has 6 heteroatoms. The number of nitrogens with one attached hydrogen (secondary N) is 1. The molecule has 1 aromatic heterocycles. The summed E-state index contributed by atoms with van der Waals surface area (Å²) >= 11 is 6.11. The lowest BCUT2D eigenvalue weighted by atomic mass is 10.2. The highest BCUT2D eigenvalue weighted by molar-refractivity contribution is 6.32. The van der Waals surface area contributed by atoms with Gasteiger partial charge in [-0.3, -0.25) is 0 Å². The number of hydrogen-bond donors (Lipinski definition) is 1. The van der Waals surface area contributed by atoms with E-state index in [-0.39, 0.29) is 0 Å². The maximum atomic E-state index is 9.23. The van der Waals surface area contributed by atoms with Gasteiger partial charge in [-0.25, -0.2) is 0 Å². The van der Waals surface area contributed by atoms with Crippen LogP contribution in [0.15, 0.2) is 28.7 Å². The van der Waals surface area contributed by atoms with Gasteiger partial charge in [0.1, 0.15) is 6.07 Å². The summed E-state index contributed by atoms with van der Waals surface area (Å²) < 4.78 is 5.74. The molecule has 0 unspecified atom stereocenters. The molecule has 0 amide bonds. The molecule has 112 valence electrons. The molecule has 1 aromatic carbocycles. The van der Waals surface area contributed by atoms with Crippen molar-refractivity contribution in [1.29, 1.82) is 5.26 Å². The second kappa shape index (κ2) is 6.65. The van der Waals surface area contributed by atoms with E-state index >= 15 is 0 Å². The first-order chi connectivity index (χ1) is 10.8. The van der Waals surface area contributed by atoms with E-state index in [9.17, 15) is 5.26 Å². The Kier molecular flexibility index (Phi) is 4.42. The predicted octanol–water partition coefficient (Wildman–Crippen LogP) is 2.78. The van der Waals surface area contributed by atoms with Gasteiger partial charge in [-0.15, -0.1) is 0 Å². The van der Waals surface area contributed by atoms with Gasteiger partial charge in [-0.05, 0) is 17.7 Å². The van der Waals surface area contributed by atoms with Crippen LogP contribution in [0.25, 0.3) is 12.2 Å². The number of halogens is 1. The van der Waals surface area contributed by atoms with Gasteiger partial charge in [-0.2, -0.15) is 10.2 Å². The van der Waals surface area contributed by atoms with Crippen molar-refractivity contribution in [3.8, 4) is 6.07 Å². The highest BCUT2D eigenvalue weighted by atomic mass is 35.5. The summed E-state index contributed by atoms with van der Waals surface area (Å²) in [6.45, 7) is 3.35. The Hall–Kier alpha value is -2.29. The average Bonchev–Trinajstić information content (AvgIpc) is 2.98. The molecule has 1 saturated heterocycles. The van der Waals surface area contributed by atoms with Crippen molar-refractivity contribution in [2.75, 3.05) is 31.1 Å². The smallest absolute Gasteiger partial charge is 0.235 e. The highest BCUT2D eigenvalue weighted by Crippen LogP contribution is 2.24. The largest absolute Gasteiger partial charge is 0.420 e. The van der Waals surface area contributed by atoms with Crippen molar-refractivity contribution in [3.63, 3.8) is 0 Å². The van der Waals surface area contributed by atoms with Crippen LogP contribution in [0.4, 0.5) is 5.88 Å². The van der Waals surface area contributed by atoms with E-state index in [4.69, 9.17) is 16.0 Å². The quantitative estimate of drug-likeness (QED) is 0.943. The molecular weight excluding hydrogens is 300 g/mol. The summed E-state index contributed by atoms with van der Waals surface area (Å²) in [6, 6.07) is 9.61. The molecule has 0 aliphatic carbocycles. The van der Waals surface area contributed by atoms with Crippen molar-refractivity contribution >= 4 is 29.6 Å². The molecule has 2 aromatic rings. The van der Waals surface area contributed by atoms with Crippen LogP contribution < -0.4 is 10.2 Å². The van der Waals surface area contributed by atoms with Crippen LogP contribution in [0.5, 0.6) is 0 Å². The molecule has 1 aliphatic rings. The zero-order valence-electron chi connectivity index (χ0n) is 11.9. The fourth-order valence-electron chi connectivity index (χ4n) is 2.33. The lowest BCUT2D eigenvalue weighted by Gasteiger charge is -2.26. The molecule has 0 radical (unpaired) electrons. The van der Waals surface area contributed by atoms with Crippen molar-refractivity contribution in [2.24, 2.45) is 0 Å². The molecule has 1 aliphatic heterocycles.